The number of halogens is 3. The molecular formula is C21H30F3N5O4. The van der Waals surface area contributed by atoms with Crippen LogP contribution in [0.15, 0.2) is 0 Å². The van der Waals surface area contributed by atoms with Crippen LogP contribution in [-0.4, -0.2) is 91.5 Å². The lowest BCUT2D eigenvalue weighted by Gasteiger charge is -2.30. The molecule has 1 saturated heterocycles. The molecule has 1 aromatic heterocycles. The monoisotopic (exact) mass is 473 g/mol. The number of carbonyl (C=O) groups excluding carboxylic acids is 1. The number of alkyl halides is 3. The van der Waals surface area contributed by atoms with E-state index in [2.05, 4.69) is 14.7 Å². The van der Waals surface area contributed by atoms with Crippen LogP contribution in [0, 0.1) is 5.92 Å². The Hall–Kier alpha value is -2.63. The molecule has 9 nitrogen and oxygen atoms in total. The molecule has 2 aliphatic heterocycles. The molecule has 0 unspecified atom stereocenters. The molecule has 1 aromatic rings. The van der Waals surface area contributed by atoms with Gasteiger partial charge in [0.25, 0.3) is 0 Å². The van der Waals surface area contributed by atoms with Crippen LogP contribution in [0.1, 0.15) is 30.5 Å². The van der Waals surface area contributed by atoms with E-state index in [4.69, 9.17) is 24.6 Å². The fraction of sp³-hybridized carbons (Fsp3) is 0.714. The van der Waals surface area contributed by atoms with Gasteiger partial charge in [-0.15, -0.1) is 0 Å². The molecule has 184 valence electrons. The number of nitrogens with zero attached hydrogens (tertiary/aromatic N) is 5. The van der Waals surface area contributed by atoms with E-state index in [-0.39, 0.29) is 5.92 Å². The van der Waals surface area contributed by atoms with Gasteiger partial charge in [0, 0.05) is 58.2 Å². The van der Waals surface area contributed by atoms with E-state index >= 15 is 0 Å². The van der Waals surface area contributed by atoms with Gasteiger partial charge in [-0.2, -0.15) is 18.2 Å². The van der Waals surface area contributed by atoms with Crippen molar-refractivity contribution in [2.24, 2.45) is 5.92 Å². The van der Waals surface area contributed by atoms with Gasteiger partial charge in [0.05, 0.1) is 18.9 Å². The van der Waals surface area contributed by atoms with Gasteiger partial charge < -0.3 is 24.5 Å². The van der Waals surface area contributed by atoms with Crippen molar-refractivity contribution in [3.05, 3.63) is 11.3 Å². The molecule has 1 amide bonds. The number of amides is 1. The molecule has 0 radical (unpaired) electrons. The zero-order chi connectivity index (χ0) is 24.2. The van der Waals surface area contributed by atoms with Crippen molar-refractivity contribution in [1.82, 2.24) is 14.9 Å². The van der Waals surface area contributed by atoms with Crippen molar-refractivity contribution in [3.8, 4) is 0 Å². The molecule has 12 heteroatoms. The molecule has 4 rings (SSSR count). The number of carboxylic acids is 1. The summed E-state index contributed by atoms with van der Waals surface area (Å²) in [7, 11) is 4.07. The molecule has 0 spiro atoms. The number of anilines is 2. The van der Waals surface area contributed by atoms with E-state index in [0.717, 1.165) is 82.5 Å². The summed E-state index contributed by atoms with van der Waals surface area (Å²) in [5.74, 6) is -0.354. The summed E-state index contributed by atoms with van der Waals surface area (Å²) in [6.07, 6.45) is -0.110. The fourth-order valence-corrected chi connectivity index (χ4v) is 3.98. The zero-order valence-corrected chi connectivity index (χ0v) is 18.9. The average Bonchev–Trinajstić information content (AvgIpc) is 2.94. The first kappa shape index (κ1) is 25.0. The first-order valence-corrected chi connectivity index (χ1v) is 11.1. The van der Waals surface area contributed by atoms with Crippen LogP contribution in [0.2, 0.25) is 0 Å². The molecule has 0 bridgehead atoms. The summed E-state index contributed by atoms with van der Waals surface area (Å²) in [4.78, 5) is 37.7. The lowest BCUT2D eigenvalue weighted by atomic mass is 9.84. The topological polar surface area (TPSA) is 99.1 Å². The molecule has 1 aliphatic carbocycles. The first-order chi connectivity index (χ1) is 15.6. The molecule has 1 N–H and O–H groups in total. The average molecular weight is 473 g/mol. The number of rotatable bonds is 3. The number of aliphatic carboxylic acids is 1. The van der Waals surface area contributed by atoms with E-state index in [0.29, 0.717) is 5.91 Å². The van der Waals surface area contributed by atoms with Gasteiger partial charge in [-0.05, 0) is 19.3 Å². The molecule has 3 heterocycles. The Morgan fingerprint density at radius 1 is 1.06 bits per heavy atom. The summed E-state index contributed by atoms with van der Waals surface area (Å²) in [5, 5.41) is 7.12. The predicted molar refractivity (Wildman–Crippen MR) is 114 cm³/mol. The number of hydrogen-bond acceptors (Lipinski definition) is 7. The Morgan fingerprint density at radius 2 is 1.67 bits per heavy atom. The fourth-order valence-electron chi connectivity index (χ4n) is 3.98. The molecule has 1 saturated carbocycles. The molecule has 2 fully saturated rings. The van der Waals surface area contributed by atoms with Crippen LogP contribution in [0.25, 0.3) is 0 Å². The third-order valence-electron chi connectivity index (χ3n) is 6.04. The molecular weight excluding hydrogens is 443 g/mol. The zero-order valence-electron chi connectivity index (χ0n) is 18.9. The van der Waals surface area contributed by atoms with Gasteiger partial charge in [-0.3, -0.25) is 4.79 Å². The lowest BCUT2D eigenvalue weighted by Crippen LogP contribution is -2.40. The minimum absolute atomic E-state index is 0.263. The highest BCUT2D eigenvalue weighted by atomic mass is 19.4. The SMILES string of the molecule is CN(C)c1nc(N2CCOCC2)nc2c1CCN(C(=O)C1CCC1)CC2.O=C(O)C(F)(F)F. The van der Waals surface area contributed by atoms with E-state index in [1.54, 1.807) is 0 Å². The van der Waals surface area contributed by atoms with Crippen molar-refractivity contribution < 1.29 is 32.6 Å². The van der Waals surface area contributed by atoms with Crippen LogP contribution >= 0.6 is 0 Å². The van der Waals surface area contributed by atoms with Crippen LogP contribution in [-0.2, 0) is 27.2 Å². The van der Waals surface area contributed by atoms with E-state index < -0.39 is 12.1 Å². The van der Waals surface area contributed by atoms with Crippen LogP contribution < -0.4 is 9.80 Å². The highest BCUT2D eigenvalue weighted by Gasteiger charge is 2.38. The van der Waals surface area contributed by atoms with Gasteiger partial charge >= 0.3 is 12.1 Å². The Kier molecular flexibility index (Phi) is 7.98. The largest absolute Gasteiger partial charge is 0.490 e. The van der Waals surface area contributed by atoms with Crippen LogP contribution in [0.5, 0.6) is 0 Å². The van der Waals surface area contributed by atoms with Gasteiger partial charge in [0.2, 0.25) is 11.9 Å². The summed E-state index contributed by atoms with van der Waals surface area (Å²) in [5.41, 5.74) is 2.31. The minimum Gasteiger partial charge on any atom is -0.475 e. The Bertz CT molecular complexity index is 855. The first-order valence-electron chi connectivity index (χ1n) is 11.1. The lowest BCUT2D eigenvalue weighted by molar-refractivity contribution is -0.192. The Labute approximate surface area is 190 Å². The van der Waals surface area contributed by atoms with E-state index in [1.807, 2.05) is 14.1 Å². The summed E-state index contributed by atoms with van der Waals surface area (Å²) < 4.78 is 37.2. The second kappa shape index (κ2) is 10.5. The second-order valence-electron chi connectivity index (χ2n) is 8.52. The van der Waals surface area contributed by atoms with Crippen LogP contribution in [0.4, 0.5) is 24.9 Å². The number of carbonyl (C=O) groups is 2. The molecule has 0 aromatic carbocycles. The van der Waals surface area contributed by atoms with Gasteiger partial charge in [-0.1, -0.05) is 6.42 Å². The van der Waals surface area contributed by atoms with Crippen molar-refractivity contribution in [2.75, 3.05) is 63.3 Å². The maximum absolute atomic E-state index is 12.7. The number of morpholine rings is 1. The Morgan fingerprint density at radius 3 is 2.18 bits per heavy atom. The van der Waals surface area contributed by atoms with Crippen molar-refractivity contribution in [3.63, 3.8) is 0 Å². The van der Waals surface area contributed by atoms with Gasteiger partial charge in [0.1, 0.15) is 5.82 Å². The second-order valence-corrected chi connectivity index (χ2v) is 8.52. The van der Waals surface area contributed by atoms with E-state index in [9.17, 15) is 18.0 Å². The van der Waals surface area contributed by atoms with E-state index in [1.165, 1.54) is 12.0 Å². The van der Waals surface area contributed by atoms with Crippen molar-refractivity contribution in [1.29, 1.82) is 0 Å². The third-order valence-corrected chi connectivity index (χ3v) is 6.04. The van der Waals surface area contributed by atoms with Gasteiger partial charge in [-0.25, -0.2) is 9.78 Å². The number of ether oxygens (including phenoxy) is 1. The maximum atomic E-state index is 12.7. The number of fused-ring (bicyclic) bond motifs is 1. The quantitative estimate of drug-likeness (QED) is 0.709. The molecule has 0 atom stereocenters. The highest BCUT2D eigenvalue weighted by Crippen LogP contribution is 2.31. The number of aromatic nitrogens is 2. The highest BCUT2D eigenvalue weighted by molar-refractivity contribution is 5.79. The Balaban J connectivity index is 0.000000383. The standard InChI is InChI=1S/C19H29N5O2.C2HF3O2/c1-22(2)17-15-6-8-23(18(25)14-4-3-5-14)9-7-16(15)20-19(21-17)24-10-12-26-13-11-24;3-2(4,5)1(6)7/h14H,3-13H2,1-2H3;(H,6,7). The predicted octanol–water partition coefficient (Wildman–Crippen LogP) is 1.74. The van der Waals surface area contributed by atoms with Crippen LogP contribution in [0.3, 0.4) is 0 Å². The smallest absolute Gasteiger partial charge is 0.475 e. The summed E-state index contributed by atoms with van der Waals surface area (Å²) >= 11 is 0. The summed E-state index contributed by atoms with van der Waals surface area (Å²) in [6, 6.07) is 0. The maximum Gasteiger partial charge on any atom is 0.490 e. The number of hydrogen-bond donors (Lipinski definition) is 1. The summed E-state index contributed by atoms with van der Waals surface area (Å²) in [6.45, 7) is 4.66. The van der Waals surface area contributed by atoms with Crippen molar-refractivity contribution in [2.45, 2.75) is 38.3 Å². The van der Waals surface area contributed by atoms with Crippen molar-refractivity contribution >= 4 is 23.6 Å². The normalized spacial score (nSPS) is 18.9. The minimum atomic E-state index is -5.08. The third kappa shape index (κ3) is 6.24. The van der Waals surface area contributed by atoms with Gasteiger partial charge in [0.15, 0.2) is 0 Å². The molecule has 33 heavy (non-hydrogen) atoms. The molecule has 3 aliphatic rings. The number of carboxylic acid groups (broad SMARTS) is 1.